The topological polar surface area (TPSA) is 64.6 Å². The number of ether oxygens (including phenoxy) is 2. The molecule has 0 spiro atoms. The monoisotopic (exact) mass is 413 g/mol. The number of carbonyl (C=O) groups excluding carboxylic acids is 2. The van der Waals surface area contributed by atoms with E-state index in [1.165, 1.54) is 38.5 Å². The van der Waals surface area contributed by atoms with E-state index in [9.17, 15) is 9.59 Å². The van der Waals surface area contributed by atoms with Crippen LogP contribution in [0.4, 0.5) is 0 Å². The summed E-state index contributed by atoms with van der Waals surface area (Å²) in [5.74, 6) is 2.74. The molecule has 4 bridgehead atoms. The van der Waals surface area contributed by atoms with Gasteiger partial charge in [0.2, 0.25) is 0 Å². The Labute approximate surface area is 179 Å². The number of rotatable bonds is 8. The highest BCUT2D eigenvalue weighted by Gasteiger charge is 2.53. The summed E-state index contributed by atoms with van der Waals surface area (Å²) in [5, 5.41) is 3.14. The lowest BCUT2D eigenvalue weighted by Gasteiger charge is -2.59. The van der Waals surface area contributed by atoms with Crippen molar-refractivity contribution < 1.29 is 19.1 Å². The average molecular weight is 414 g/mol. The van der Waals surface area contributed by atoms with Crippen molar-refractivity contribution in [2.45, 2.75) is 71.8 Å². The first kappa shape index (κ1) is 21.2. The second-order valence-corrected chi connectivity index (χ2v) is 10.1. The molecule has 4 saturated carbocycles. The summed E-state index contributed by atoms with van der Waals surface area (Å²) < 4.78 is 10.9. The van der Waals surface area contributed by atoms with Gasteiger partial charge in [-0.3, -0.25) is 9.59 Å². The minimum Gasteiger partial charge on any atom is -0.493 e. The Morgan fingerprint density at radius 2 is 1.73 bits per heavy atom. The number of benzene rings is 1. The van der Waals surface area contributed by atoms with Crippen molar-refractivity contribution in [1.29, 1.82) is 0 Å². The second kappa shape index (κ2) is 8.60. The molecule has 1 aromatic rings. The van der Waals surface area contributed by atoms with Crippen molar-refractivity contribution in [3.8, 4) is 5.75 Å². The number of esters is 1. The first-order valence-corrected chi connectivity index (χ1v) is 11.5. The van der Waals surface area contributed by atoms with Crippen LogP contribution < -0.4 is 10.1 Å². The first-order valence-electron chi connectivity index (χ1n) is 11.5. The van der Waals surface area contributed by atoms with Gasteiger partial charge in [0.15, 0.2) is 6.61 Å². The lowest BCUT2D eigenvalue weighted by atomic mass is 9.48. The van der Waals surface area contributed by atoms with Gasteiger partial charge in [-0.05, 0) is 99.7 Å². The summed E-state index contributed by atoms with van der Waals surface area (Å²) in [6.45, 7) is 6.16. The van der Waals surface area contributed by atoms with Crippen molar-refractivity contribution in [2.75, 3.05) is 13.2 Å². The molecular weight excluding hydrogens is 378 g/mol. The summed E-state index contributed by atoms with van der Waals surface area (Å²) in [5.41, 5.74) is 2.41. The molecule has 0 aliphatic heterocycles. The summed E-state index contributed by atoms with van der Waals surface area (Å²) in [6, 6.07) is 6.13. The third-order valence-corrected chi connectivity index (χ3v) is 7.65. The normalized spacial score (nSPS) is 30.0. The number of hydrogen-bond acceptors (Lipinski definition) is 4. The van der Waals surface area contributed by atoms with Crippen molar-refractivity contribution in [3.05, 3.63) is 29.3 Å². The number of carbonyl (C=O) groups is 2. The average Bonchev–Trinajstić information content (AvgIpc) is 2.68. The Hall–Kier alpha value is -2.04. The molecule has 5 rings (SSSR count). The maximum Gasteiger partial charge on any atom is 0.309 e. The van der Waals surface area contributed by atoms with Gasteiger partial charge in [-0.2, -0.15) is 0 Å². The predicted molar refractivity (Wildman–Crippen MR) is 115 cm³/mol. The summed E-state index contributed by atoms with van der Waals surface area (Å²) in [7, 11) is 0. The fraction of sp³-hybridized carbons (Fsp3) is 0.680. The Balaban J connectivity index is 1.18. The molecule has 1 N–H and O–H groups in total. The second-order valence-electron chi connectivity index (χ2n) is 10.1. The molecule has 0 unspecified atom stereocenters. The van der Waals surface area contributed by atoms with E-state index in [1.807, 2.05) is 32.0 Å². The van der Waals surface area contributed by atoms with E-state index < -0.39 is 5.97 Å². The fourth-order valence-corrected chi connectivity index (χ4v) is 6.47. The molecule has 30 heavy (non-hydrogen) atoms. The summed E-state index contributed by atoms with van der Waals surface area (Å²) in [4.78, 5) is 24.4. The number of amides is 1. The quantitative estimate of drug-likeness (QED) is 0.644. The molecule has 164 valence electrons. The minimum absolute atomic E-state index is 0.130. The first-order chi connectivity index (χ1) is 14.3. The van der Waals surface area contributed by atoms with Crippen LogP contribution in [-0.2, 0) is 14.3 Å². The third kappa shape index (κ3) is 4.65. The highest BCUT2D eigenvalue weighted by atomic mass is 16.5. The van der Waals surface area contributed by atoms with Crippen molar-refractivity contribution in [1.82, 2.24) is 5.32 Å². The molecule has 0 saturated heterocycles. The van der Waals surface area contributed by atoms with Crippen LogP contribution in [0.3, 0.4) is 0 Å². The fourth-order valence-electron chi connectivity index (χ4n) is 6.47. The molecule has 0 aromatic heterocycles. The van der Waals surface area contributed by atoms with Gasteiger partial charge < -0.3 is 14.8 Å². The van der Waals surface area contributed by atoms with Crippen LogP contribution in [0.2, 0.25) is 0 Å². The number of hydrogen-bond donors (Lipinski definition) is 1. The van der Waals surface area contributed by atoms with Crippen molar-refractivity contribution in [3.63, 3.8) is 0 Å². The molecule has 0 heterocycles. The molecule has 1 atom stereocenters. The van der Waals surface area contributed by atoms with Gasteiger partial charge in [-0.25, -0.2) is 0 Å². The lowest BCUT2D eigenvalue weighted by molar-refractivity contribution is -0.150. The van der Waals surface area contributed by atoms with Crippen molar-refractivity contribution >= 4 is 11.9 Å². The molecule has 1 amide bonds. The van der Waals surface area contributed by atoms with E-state index in [2.05, 4.69) is 12.2 Å². The van der Waals surface area contributed by atoms with E-state index in [0.717, 1.165) is 34.6 Å². The molecule has 4 fully saturated rings. The van der Waals surface area contributed by atoms with E-state index in [0.29, 0.717) is 0 Å². The van der Waals surface area contributed by atoms with Crippen LogP contribution in [0.15, 0.2) is 18.2 Å². The molecular formula is C25H35NO4. The van der Waals surface area contributed by atoms with E-state index in [-0.39, 0.29) is 37.0 Å². The van der Waals surface area contributed by atoms with Crippen LogP contribution in [0.5, 0.6) is 5.75 Å². The van der Waals surface area contributed by atoms with Crippen LogP contribution in [-0.4, -0.2) is 31.1 Å². The maximum atomic E-state index is 12.4. The van der Waals surface area contributed by atoms with Gasteiger partial charge in [0.25, 0.3) is 5.91 Å². The van der Waals surface area contributed by atoms with E-state index in [4.69, 9.17) is 9.47 Å². The number of nitrogens with one attached hydrogen (secondary N) is 1. The molecule has 0 radical (unpaired) electrons. The van der Waals surface area contributed by atoms with Gasteiger partial charge in [-0.15, -0.1) is 0 Å². The Morgan fingerprint density at radius 3 is 2.37 bits per heavy atom. The van der Waals surface area contributed by atoms with Gasteiger partial charge in [0.05, 0.1) is 13.0 Å². The van der Waals surface area contributed by atoms with Gasteiger partial charge in [0, 0.05) is 6.04 Å². The highest BCUT2D eigenvalue weighted by molar-refractivity contribution is 5.80. The lowest BCUT2D eigenvalue weighted by Crippen LogP contribution is -2.56. The highest BCUT2D eigenvalue weighted by Crippen LogP contribution is 2.61. The Bertz CT molecular complexity index is 767. The Kier molecular flexibility index (Phi) is 6.08. The SMILES string of the molecule is Cc1ccc(C)c(OCCC(=O)OCC(=O)N[C@H](C)C23CC4CC(CC(C4)C2)C3)c1. The standard InChI is InChI=1S/C25H35NO4/c1-16-4-5-17(2)22(8-16)29-7-6-24(28)30-15-23(27)26-18(3)25-12-19-9-20(13-25)11-21(10-19)14-25/h4-5,8,18-21H,6-7,9-15H2,1-3H3,(H,26,27)/t18-,19?,20?,21?,25?/m1/s1. The smallest absolute Gasteiger partial charge is 0.309 e. The predicted octanol–water partition coefficient (Wildman–Crippen LogP) is 4.34. The zero-order chi connectivity index (χ0) is 21.3. The van der Waals surface area contributed by atoms with Crippen LogP contribution in [0, 0.1) is 37.0 Å². The van der Waals surface area contributed by atoms with Crippen LogP contribution >= 0.6 is 0 Å². The zero-order valence-corrected chi connectivity index (χ0v) is 18.5. The molecule has 5 nitrogen and oxygen atoms in total. The Morgan fingerprint density at radius 1 is 1.10 bits per heavy atom. The van der Waals surface area contributed by atoms with Crippen LogP contribution in [0.1, 0.15) is 63.0 Å². The summed E-state index contributed by atoms with van der Waals surface area (Å²) in [6.07, 6.45) is 8.04. The molecule has 1 aromatic carbocycles. The zero-order valence-electron chi connectivity index (χ0n) is 18.5. The van der Waals surface area contributed by atoms with Crippen molar-refractivity contribution in [2.24, 2.45) is 23.2 Å². The minimum atomic E-state index is -0.405. The van der Waals surface area contributed by atoms with E-state index >= 15 is 0 Å². The van der Waals surface area contributed by atoms with Gasteiger partial charge in [0.1, 0.15) is 5.75 Å². The largest absolute Gasteiger partial charge is 0.493 e. The maximum absolute atomic E-state index is 12.4. The van der Waals surface area contributed by atoms with Gasteiger partial charge >= 0.3 is 5.97 Å². The van der Waals surface area contributed by atoms with Gasteiger partial charge in [-0.1, -0.05) is 12.1 Å². The number of aryl methyl sites for hydroxylation is 2. The molecule has 5 heteroatoms. The molecule has 4 aliphatic rings. The third-order valence-electron chi connectivity index (χ3n) is 7.65. The van der Waals surface area contributed by atoms with Crippen LogP contribution in [0.25, 0.3) is 0 Å². The molecule has 4 aliphatic carbocycles. The van der Waals surface area contributed by atoms with E-state index in [1.54, 1.807) is 0 Å². The summed E-state index contributed by atoms with van der Waals surface area (Å²) >= 11 is 0.